The predicted octanol–water partition coefficient (Wildman–Crippen LogP) is 7.10. The van der Waals surface area contributed by atoms with Gasteiger partial charge in [-0.25, -0.2) is 24.9 Å². The molecule has 1 aliphatic heterocycles. The van der Waals surface area contributed by atoms with E-state index in [4.69, 9.17) is 45.8 Å². The van der Waals surface area contributed by atoms with Crippen molar-refractivity contribution in [2.24, 2.45) is 15.9 Å². The number of hydrogen-bond acceptors (Lipinski definition) is 20. The van der Waals surface area contributed by atoms with E-state index >= 15 is 0 Å². The molecule has 22 nitrogen and oxygen atoms in total. The van der Waals surface area contributed by atoms with Crippen LogP contribution >= 0.6 is 34.3 Å². The van der Waals surface area contributed by atoms with Crippen LogP contribution in [0.2, 0.25) is 5.02 Å². The standard InChI is InChI=1S/C59H78ClFN12O10S2/c1-39-52(85-38-68-39)41-13-11-40(12-14-41)33-67-54(76)47-31-44(74)35-73(47)55(77)53(58(2,3)4)71-50(75)37-81-24-21-63-19-20-64-34-43(72-62)36-82-29-28-80-27-26-79-25-22-65-56(78)59(32-42-7-5-10-49(69-42)70-57-66-23-30-84-57)17-15-45(16-18-59)83-48-9-6-8-46(60)51(48)61/h5-14,23,30,34,38,44-45,47,53,62-64,74H,15-22,24-29,31-33,35-37H2,1-4H3,(H,65,78)(H,67,76)(H,71,75)(H,66,69,70)/b43-34-,72-62?/t44-,45-,47+,53-,59-/m1/s1. The summed E-state index contributed by atoms with van der Waals surface area (Å²) in [7, 11) is 0. The molecule has 0 radical (unpaired) electrons. The summed E-state index contributed by atoms with van der Waals surface area (Å²) in [6.45, 7) is 10.9. The zero-order valence-electron chi connectivity index (χ0n) is 48.5. The van der Waals surface area contributed by atoms with Crippen LogP contribution in [0.15, 0.2) is 94.8 Å². The van der Waals surface area contributed by atoms with Crippen LogP contribution in [0.5, 0.6) is 5.75 Å². The maximum atomic E-state index is 14.7. The number of amides is 4. The highest BCUT2D eigenvalue weighted by atomic mass is 35.5. The third-order valence-corrected chi connectivity index (χ3v) is 16.3. The van der Waals surface area contributed by atoms with Gasteiger partial charge in [-0.15, -0.1) is 22.7 Å². The fraction of sp³-hybridized carbons (Fsp3) is 0.508. The van der Waals surface area contributed by atoms with E-state index in [2.05, 4.69) is 47.0 Å². The molecule has 0 unspecified atom stereocenters. The van der Waals surface area contributed by atoms with Gasteiger partial charge in [0, 0.05) is 75.6 Å². The number of halogens is 2. The Hall–Kier alpha value is -6.55. The molecule has 1 saturated carbocycles. The Morgan fingerprint density at radius 3 is 2.35 bits per heavy atom. The minimum atomic E-state index is -0.980. The van der Waals surface area contributed by atoms with Gasteiger partial charge in [0.15, 0.2) is 16.7 Å². The molecule has 0 bridgehead atoms. The van der Waals surface area contributed by atoms with Gasteiger partial charge in [-0.1, -0.05) is 68.8 Å². The molecule has 0 spiro atoms. The molecular formula is C59H78ClFN12O10S2. The van der Waals surface area contributed by atoms with Crippen LogP contribution in [0.1, 0.15) is 69.8 Å². The number of carbonyl (C=O) groups excluding carboxylic acids is 4. The zero-order chi connectivity index (χ0) is 60.6. The Bertz CT molecular complexity index is 2960. The van der Waals surface area contributed by atoms with Gasteiger partial charge in [0.25, 0.3) is 0 Å². The SMILES string of the molecule is Cc1ncsc1-c1ccc(CNC(=O)[C@@H]2C[C@@H](O)CN2C(=O)[C@@H](NC(=O)COCCNCCN/C=C(/COCCOCCOCCNC(=O)[C@]2(Cc3cccc(Nc4nccs4)n3)CC[C@@H](Oc3cccc(Cl)c3F)CC2)N=N)C(C)(C)C)cc1. The molecule has 2 fully saturated rings. The number of aliphatic hydroxyl groups excluding tert-OH is 1. The molecule has 2 aliphatic rings. The molecular weight excluding hydrogens is 1160 g/mol. The van der Waals surface area contributed by atoms with Gasteiger partial charge in [0.2, 0.25) is 23.6 Å². The molecule has 3 atom stereocenters. The van der Waals surface area contributed by atoms with Gasteiger partial charge in [0.05, 0.1) is 85.0 Å². The number of aromatic nitrogens is 3. The fourth-order valence-electron chi connectivity index (χ4n) is 9.80. The summed E-state index contributed by atoms with van der Waals surface area (Å²) >= 11 is 9.02. The van der Waals surface area contributed by atoms with Crippen molar-refractivity contribution in [1.29, 1.82) is 5.53 Å². The number of rotatable bonds is 34. The number of pyridine rings is 1. The molecule has 2 aromatic carbocycles. The number of benzene rings is 2. The summed E-state index contributed by atoms with van der Waals surface area (Å²) in [6, 6.07) is 16.3. The van der Waals surface area contributed by atoms with E-state index in [0.29, 0.717) is 94.8 Å². The maximum Gasteiger partial charge on any atom is 0.246 e. The molecule has 3 aromatic heterocycles. The minimum absolute atomic E-state index is 0.00992. The molecule has 1 saturated heterocycles. The predicted molar refractivity (Wildman–Crippen MR) is 322 cm³/mol. The first-order valence-electron chi connectivity index (χ1n) is 28.4. The van der Waals surface area contributed by atoms with Gasteiger partial charge in [-0.3, -0.25) is 19.2 Å². The van der Waals surface area contributed by atoms with E-state index in [-0.39, 0.29) is 81.2 Å². The van der Waals surface area contributed by atoms with Crippen LogP contribution in [-0.2, 0) is 51.1 Å². The van der Waals surface area contributed by atoms with E-state index in [1.165, 1.54) is 22.3 Å². The van der Waals surface area contributed by atoms with Crippen LogP contribution < -0.4 is 36.6 Å². The quantitative estimate of drug-likeness (QED) is 0.0151. The van der Waals surface area contributed by atoms with Crippen LogP contribution in [-0.4, -0.2) is 158 Å². The van der Waals surface area contributed by atoms with Gasteiger partial charge < -0.3 is 65.6 Å². The van der Waals surface area contributed by atoms with Crippen molar-refractivity contribution in [2.75, 3.05) is 90.9 Å². The van der Waals surface area contributed by atoms with Crippen LogP contribution in [0.3, 0.4) is 0 Å². The molecule has 8 N–H and O–H groups in total. The highest BCUT2D eigenvalue weighted by Crippen LogP contribution is 2.41. The summed E-state index contributed by atoms with van der Waals surface area (Å²) in [5.41, 5.74) is 11.9. The number of nitrogens with zero attached hydrogens (tertiary/aromatic N) is 5. The lowest BCUT2D eigenvalue weighted by atomic mass is 9.69. The molecule has 4 heterocycles. The molecule has 85 heavy (non-hydrogen) atoms. The Kier molecular flexibility index (Phi) is 25.9. The highest BCUT2D eigenvalue weighted by molar-refractivity contribution is 7.13. The van der Waals surface area contributed by atoms with Crippen LogP contribution in [0.25, 0.3) is 10.4 Å². The van der Waals surface area contributed by atoms with E-state index in [1.807, 2.05) is 75.5 Å². The lowest BCUT2D eigenvalue weighted by Gasteiger charge is -2.39. The monoisotopic (exact) mass is 1230 g/mol. The lowest BCUT2D eigenvalue weighted by Crippen LogP contribution is -2.58. The van der Waals surface area contributed by atoms with Crippen LogP contribution in [0, 0.1) is 29.1 Å². The Morgan fingerprint density at radius 2 is 1.64 bits per heavy atom. The summed E-state index contributed by atoms with van der Waals surface area (Å²) in [5.74, 6) is -1.31. The normalized spacial score (nSPS) is 18.4. The Labute approximate surface area is 508 Å². The summed E-state index contributed by atoms with van der Waals surface area (Å²) in [5, 5.41) is 35.0. The zero-order valence-corrected chi connectivity index (χ0v) is 50.9. The average Bonchev–Trinajstić information content (AvgIpc) is 2.81. The number of hydrogen-bond donors (Lipinski definition) is 8. The van der Waals surface area contributed by atoms with E-state index in [0.717, 1.165) is 27.4 Å². The highest BCUT2D eigenvalue weighted by Gasteiger charge is 2.45. The molecule has 26 heteroatoms. The number of ether oxygens (including phenoxy) is 5. The summed E-state index contributed by atoms with van der Waals surface area (Å²) in [6.07, 6.45) is 4.68. The van der Waals surface area contributed by atoms with Gasteiger partial charge in [-0.2, -0.15) is 5.11 Å². The van der Waals surface area contributed by atoms with Gasteiger partial charge >= 0.3 is 0 Å². The number of aryl methyl sites for hydroxylation is 1. The number of carbonyl (C=O) groups is 4. The lowest BCUT2D eigenvalue weighted by molar-refractivity contribution is -0.144. The molecule has 1 aliphatic carbocycles. The van der Waals surface area contributed by atoms with Crippen LogP contribution in [0.4, 0.5) is 15.3 Å². The van der Waals surface area contributed by atoms with Crippen molar-refractivity contribution in [2.45, 2.75) is 97.1 Å². The number of aliphatic hydroxyl groups is 1. The Balaban J connectivity index is 0.715. The largest absolute Gasteiger partial charge is 0.487 e. The first-order chi connectivity index (χ1) is 41.0. The number of anilines is 2. The van der Waals surface area contributed by atoms with Crippen molar-refractivity contribution >= 4 is 68.9 Å². The summed E-state index contributed by atoms with van der Waals surface area (Å²) < 4.78 is 43.3. The fourth-order valence-corrected chi connectivity index (χ4v) is 11.3. The van der Waals surface area contributed by atoms with Crippen molar-refractivity contribution < 1.29 is 52.4 Å². The molecule has 4 amide bonds. The molecule has 7 rings (SSSR count). The van der Waals surface area contributed by atoms with Gasteiger partial charge in [0.1, 0.15) is 30.2 Å². The third-order valence-electron chi connectivity index (χ3n) is 14.3. The second-order valence-electron chi connectivity index (χ2n) is 21.8. The topological polar surface area (TPSA) is 285 Å². The Morgan fingerprint density at radius 1 is 0.906 bits per heavy atom. The van der Waals surface area contributed by atoms with E-state index in [9.17, 15) is 28.7 Å². The number of β-amino-alcohol motifs (C(OH)–C–C–N with tert-alkyl or cyclic N) is 1. The number of likely N-dealkylation sites (tertiary alicyclic amines) is 1. The minimum Gasteiger partial charge on any atom is -0.487 e. The first kappa shape index (κ1) is 66.0. The first-order valence-corrected chi connectivity index (χ1v) is 30.5. The van der Waals surface area contributed by atoms with E-state index < -0.39 is 46.6 Å². The van der Waals surface area contributed by atoms with Crippen molar-refractivity contribution in [3.05, 3.63) is 117 Å². The van der Waals surface area contributed by atoms with Gasteiger partial charge in [-0.05, 0) is 73.4 Å². The molecule has 460 valence electrons. The van der Waals surface area contributed by atoms with Crippen molar-refractivity contribution in [1.82, 2.24) is 46.4 Å². The second kappa shape index (κ2) is 33.4. The molecule has 5 aromatic rings. The number of thiazole rings is 2. The summed E-state index contributed by atoms with van der Waals surface area (Å²) in [4.78, 5) is 70.3. The average molecular weight is 1230 g/mol. The van der Waals surface area contributed by atoms with Crippen molar-refractivity contribution in [3.8, 4) is 16.2 Å². The maximum absolute atomic E-state index is 14.7. The number of nitrogens with one attached hydrogen (secondary N) is 7. The smallest absolute Gasteiger partial charge is 0.246 e. The van der Waals surface area contributed by atoms with E-state index in [1.54, 1.807) is 41.4 Å². The van der Waals surface area contributed by atoms with Crippen molar-refractivity contribution in [3.63, 3.8) is 0 Å². The third kappa shape index (κ3) is 20.6. The second-order valence-corrected chi connectivity index (χ2v) is 23.9.